The summed E-state index contributed by atoms with van der Waals surface area (Å²) in [6.07, 6.45) is 0.725. The van der Waals surface area contributed by atoms with E-state index < -0.39 is 0 Å². The third-order valence-electron chi connectivity index (χ3n) is 1.68. The molecule has 0 aromatic heterocycles. The van der Waals surface area contributed by atoms with Gasteiger partial charge in [-0.1, -0.05) is 6.07 Å². The van der Waals surface area contributed by atoms with Crippen molar-refractivity contribution in [3.05, 3.63) is 34.5 Å². The lowest BCUT2D eigenvalue weighted by Gasteiger charge is -2.02. The second-order valence-corrected chi connectivity index (χ2v) is 2.54. The molecular formula is C9H9NO2. The van der Waals surface area contributed by atoms with Gasteiger partial charge < -0.3 is 5.21 Å². The molecule has 0 aliphatic heterocycles. The molecule has 3 heteroatoms. The van der Waals surface area contributed by atoms with E-state index in [1.54, 1.807) is 12.1 Å². The molecule has 0 amide bonds. The van der Waals surface area contributed by atoms with Crippen LogP contribution in [-0.2, 0) is 0 Å². The molecule has 0 aliphatic carbocycles. The van der Waals surface area contributed by atoms with E-state index in [1.807, 2.05) is 6.92 Å². The van der Waals surface area contributed by atoms with Gasteiger partial charge in [0.1, 0.15) is 6.72 Å². The molecule has 0 saturated carbocycles. The number of hydrogen-bond acceptors (Lipinski definition) is 2. The molecule has 0 aliphatic rings. The number of hydrogen-bond donors (Lipinski definition) is 0. The lowest BCUT2D eigenvalue weighted by atomic mass is 10.1. The van der Waals surface area contributed by atoms with Gasteiger partial charge in [0.2, 0.25) is 5.69 Å². The van der Waals surface area contributed by atoms with Crippen molar-refractivity contribution >= 4 is 18.7 Å². The van der Waals surface area contributed by atoms with Gasteiger partial charge in [-0.2, -0.15) is 4.74 Å². The highest BCUT2D eigenvalue weighted by molar-refractivity contribution is 5.78. The van der Waals surface area contributed by atoms with Crippen LogP contribution in [0.3, 0.4) is 0 Å². The standard InChI is InChI=1S/C9H9NO2/c1-7-3-4-9(10(2)12)5-8(7)6-11/h3-6H,2H2,1H3. The van der Waals surface area contributed by atoms with Gasteiger partial charge in [0.25, 0.3) is 0 Å². The highest BCUT2D eigenvalue weighted by Gasteiger charge is 2.02. The normalized spacial score (nSPS) is 9.42. The summed E-state index contributed by atoms with van der Waals surface area (Å²) in [5.74, 6) is 0. The first-order valence-electron chi connectivity index (χ1n) is 3.48. The van der Waals surface area contributed by atoms with Crippen LogP contribution in [0.1, 0.15) is 15.9 Å². The first-order chi connectivity index (χ1) is 5.65. The van der Waals surface area contributed by atoms with Crippen molar-refractivity contribution in [2.45, 2.75) is 6.92 Å². The molecule has 1 aromatic carbocycles. The topological polar surface area (TPSA) is 43.1 Å². The van der Waals surface area contributed by atoms with Crippen molar-refractivity contribution in [1.29, 1.82) is 0 Å². The van der Waals surface area contributed by atoms with Crippen LogP contribution < -0.4 is 0 Å². The SMILES string of the molecule is C=[N+]([O-])c1ccc(C)c(C=O)c1. The zero-order chi connectivity index (χ0) is 9.14. The molecule has 0 saturated heterocycles. The largest absolute Gasteiger partial charge is 0.619 e. The van der Waals surface area contributed by atoms with Crippen molar-refractivity contribution in [1.82, 2.24) is 0 Å². The molecular weight excluding hydrogens is 154 g/mol. The summed E-state index contributed by atoms with van der Waals surface area (Å²) in [6, 6.07) is 4.86. The first kappa shape index (κ1) is 8.46. The Labute approximate surface area is 70.5 Å². The van der Waals surface area contributed by atoms with Crippen LogP contribution in [0, 0.1) is 12.1 Å². The number of rotatable bonds is 2. The van der Waals surface area contributed by atoms with Crippen molar-refractivity contribution in [3.8, 4) is 0 Å². The van der Waals surface area contributed by atoms with Gasteiger partial charge in [-0.05, 0) is 12.5 Å². The molecule has 1 rings (SSSR count). The summed E-state index contributed by atoms with van der Waals surface area (Å²) in [6.45, 7) is 4.99. The number of benzene rings is 1. The molecule has 12 heavy (non-hydrogen) atoms. The molecule has 62 valence electrons. The lowest BCUT2D eigenvalue weighted by Crippen LogP contribution is -1.93. The van der Waals surface area contributed by atoms with E-state index in [0.717, 1.165) is 11.8 Å². The van der Waals surface area contributed by atoms with Crippen LogP contribution in [0.25, 0.3) is 0 Å². The highest BCUT2D eigenvalue weighted by atomic mass is 16.5. The van der Waals surface area contributed by atoms with Gasteiger partial charge in [0.05, 0.1) is 0 Å². The van der Waals surface area contributed by atoms with E-state index in [4.69, 9.17) is 0 Å². The number of nitrogens with zero attached hydrogens (tertiary/aromatic N) is 1. The minimum atomic E-state index is 0.391. The second-order valence-electron chi connectivity index (χ2n) is 2.54. The molecule has 3 nitrogen and oxygen atoms in total. The second kappa shape index (κ2) is 3.17. The van der Waals surface area contributed by atoms with E-state index in [-0.39, 0.29) is 0 Å². The van der Waals surface area contributed by atoms with Gasteiger partial charge >= 0.3 is 0 Å². The van der Waals surface area contributed by atoms with Gasteiger partial charge in [-0.15, -0.1) is 0 Å². The summed E-state index contributed by atoms with van der Waals surface area (Å²) in [5, 5.41) is 10.7. The van der Waals surface area contributed by atoms with E-state index in [9.17, 15) is 10.0 Å². The fourth-order valence-corrected chi connectivity index (χ4v) is 0.910. The Kier molecular flexibility index (Phi) is 2.24. The number of carbonyl (C=O) groups excluding carboxylic acids is 1. The average molecular weight is 163 g/mol. The molecule has 1 aromatic rings. The molecule has 0 atom stereocenters. The highest BCUT2D eigenvalue weighted by Crippen LogP contribution is 2.14. The molecule has 0 unspecified atom stereocenters. The minimum absolute atomic E-state index is 0.391. The van der Waals surface area contributed by atoms with E-state index in [1.165, 1.54) is 6.07 Å². The maximum Gasteiger partial charge on any atom is 0.216 e. The van der Waals surface area contributed by atoms with E-state index in [0.29, 0.717) is 16.0 Å². The number of aldehydes is 1. The van der Waals surface area contributed by atoms with E-state index in [2.05, 4.69) is 6.72 Å². The quantitative estimate of drug-likeness (QED) is 0.219. The van der Waals surface area contributed by atoms with Crippen LogP contribution in [-0.4, -0.2) is 17.7 Å². The predicted molar refractivity (Wildman–Crippen MR) is 47.0 cm³/mol. The van der Waals surface area contributed by atoms with Gasteiger partial charge in [-0.25, -0.2) is 0 Å². The Morgan fingerprint density at radius 2 is 2.25 bits per heavy atom. The van der Waals surface area contributed by atoms with Crippen LogP contribution in [0.15, 0.2) is 18.2 Å². The Hall–Kier alpha value is -1.64. The molecule has 0 N–H and O–H groups in total. The first-order valence-corrected chi connectivity index (χ1v) is 3.48. The third-order valence-corrected chi connectivity index (χ3v) is 1.68. The van der Waals surface area contributed by atoms with Crippen molar-refractivity contribution in [2.24, 2.45) is 0 Å². The average Bonchev–Trinajstić information content (AvgIpc) is 2.05. The van der Waals surface area contributed by atoms with E-state index >= 15 is 0 Å². The molecule has 0 fully saturated rings. The van der Waals surface area contributed by atoms with Crippen LogP contribution >= 0.6 is 0 Å². The number of aryl methyl sites for hydroxylation is 1. The zero-order valence-electron chi connectivity index (χ0n) is 6.78. The van der Waals surface area contributed by atoms with Crippen LogP contribution in [0.5, 0.6) is 0 Å². The molecule has 0 spiro atoms. The summed E-state index contributed by atoms with van der Waals surface area (Å²) in [7, 11) is 0. The molecule has 0 heterocycles. The number of carbonyl (C=O) groups is 1. The van der Waals surface area contributed by atoms with Gasteiger partial charge in [-0.3, -0.25) is 4.79 Å². The van der Waals surface area contributed by atoms with Crippen molar-refractivity contribution < 1.29 is 9.53 Å². The minimum Gasteiger partial charge on any atom is -0.619 e. The Balaban J connectivity index is 3.22. The fraction of sp³-hybridized carbons (Fsp3) is 0.111. The van der Waals surface area contributed by atoms with Crippen molar-refractivity contribution in [3.63, 3.8) is 0 Å². The third kappa shape index (κ3) is 1.50. The monoisotopic (exact) mass is 163 g/mol. The van der Waals surface area contributed by atoms with Crippen molar-refractivity contribution in [2.75, 3.05) is 0 Å². The van der Waals surface area contributed by atoms with Gasteiger partial charge in [0, 0.05) is 17.7 Å². The fourth-order valence-electron chi connectivity index (χ4n) is 0.910. The lowest BCUT2D eigenvalue weighted by molar-refractivity contribution is -0.349. The Morgan fingerprint density at radius 1 is 1.58 bits per heavy atom. The summed E-state index contributed by atoms with van der Waals surface area (Å²) < 4.78 is 0.479. The van der Waals surface area contributed by atoms with Crippen LogP contribution in [0.4, 0.5) is 5.69 Å². The predicted octanol–water partition coefficient (Wildman–Crippen LogP) is 1.65. The van der Waals surface area contributed by atoms with Gasteiger partial charge in [0.15, 0.2) is 6.29 Å². The Bertz CT molecular complexity index is 331. The summed E-state index contributed by atoms with van der Waals surface area (Å²) in [4.78, 5) is 10.5. The maximum atomic E-state index is 10.7. The maximum absolute atomic E-state index is 10.7. The summed E-state index contributed by atoms with van der Waals surface area (Å²) in [5.41, 5.74) is 1.77. The smallest absolute Gasteiger partial charge is 0.216 e. The zero-order valence-corrected chi connectivity index (χ0v) is 6.78. The van der Waals surface area contributed by atoms with Crippen LogP contribution in [0.2, 0.25) is 0 Å². The molecule has 0 bridgehead atoms. The Morgan fingerprint density at radius 3 is 2.75 bits per heavy atom. The summed E-state index contributed by atoms with van der Waals surface area (Å²) >= 11 is 0. The molecule has 0 radical (unpaired) electrons.